The highest BCUT2D eigenvalue weighted by molar-refractivity contribution is 5.85. The number of ether oxygens (including phenoxy) is 1. The second-order valence-electron chi connectivity index (χ2n) is 4.51. The minimum Gasteiger partial charge on any atom is -1.00 e. The summed E-state index contributed by atoms with van der Waals surface area (Å²) >= 11 is 0. The van der Waals surface area contributed by atoms with Crippen molar-refractivity contribution in [2.75, 3.05) is 38.3 Å². The number of hydrogen-bond acceptors (Lipinski definition) is 5. The number of nitrogens with zero attached hydrogens (tertiary/aromatic N) is 2. The highest BCUT2D eigenvalue weighted by Gasteiger charge is 2.07. The van der Waals surface area contributed by atoms with Crippen molar-refractivity contribution in [3.8, 4) is 5.75 Å². The van der Waals surface area contributed by atoms with Crippen LogP contribution in [-0.4, -0.2) is 36.7 Å². The summed E-state index contributed by atoms with van der Waals surface area (Å²) in [6.07, 6.45) is 5.11. The van der Waals surface area contributed by atoms with E-state index in [9.17, 15) is 0 Å². The third-order valence-corrected chi connectivity index (χ3v) is 2.82. The van der Waals surface area contributed by atoms with Crippen LogP contribution >= 0.6 is 24.8 Å². The third-order valence-electron chi connectivity index (χ3n) is 2.82. The van der Waals surface area contributed by atoms with Crippen LogP contribution in [0.15, 0.2) is 30.6 Å². The Kier molecular flexibility index (Phi) is 11.1. The first-order chi connectivity index (χ1) is 8.65. The van der Waals surface area contributed by atoms with Gasteiger partial charge in [0.1, 0.15) is 5.75 Å². The van der Waals surface area contributed by atoms with Crippen LogP contribution in [0.1, 0.15) is 6.42 Å². The molecule has 0 atom stereocenters. The zero-order valence-corrected chi connectivity index (χ0v) is 14.3. The molecule has 0 radical (unpaired) electrons. The van der Waals surface area contributed by atoms with E-state index in [2.05, 4.69) is 29.2 Å². The molecule has 1 aliphatic heterocycles. The molecule has 0 unspecified atom stereocenters. The molecule has 0 bridgehead atoms. The van der Waals surface area contributed by atoms with Crippen LogP contribution in [0.4, 0.5) is 11.4 Å². The van der Waals surface area contributed by atoms with Gasteiger partial charge in [-0.1, -0.05) is 0 Å². The highest BCUT2D eigenvalue weighted by Crippen LogP contribution is 2.23. The summed E-state index contributed by atoms with van der Waals surface area (Å²) in [5.41, 5.74) is 12.8. The summed E-state index contributed by atoms with van der Waals surface area (Å²) in [6.45, 7) is 2.56. The molecule has 1 heterocycles. The van der Waals surface area contributed by atoms with Gasteiger partial charge in [0.15, 0.2) is 0 Å². The summed E-state index contributed by atoms with van der Waals surface area (Å²) in [5, 5.41) is 0. The lowest BCUT2D eigenvalue weighted by molar-refractivity contribution is -0.00000458. The molecule has 0 aliphatic carbocycles. The monoisotopic (exact) mass is 355 g/mol. The summed E-state index contributed by atoms with van der Waals surface area (Å²) in [6, 6.07) is 5.30. The lowest BCUT2D eigenvalue weighted by atomic mass is 10.2. The smallest absolute Gasteiger partial charge is 0.144 e. The molecule has 1 aromatic carbocycles. The maximum absolute atomic E-state index is 5.80. The molecule has 0 amide bonds. The quantitative estimate of drug-likeness (QED) is 0.531. The van der Waals surface area contributed by atoms with Crippen LogP contribution in [0.3, 0.4) is 0 Å². The normalized spacial score (nSPS) is 12.2. The minimum absolute atomic E-state index is 0. The first kappa shape index (κ1) is 22.1. The lowest BCUT2D eigenvalue weighted by Crippen LogP contribution is -3.00. The molecule has 0 saturated carbocycles. The molecule has 5 nitrogen and oxygen atoms in total. The molecule has 1 aliphatic rings. The maximum Gasteiger partial charge on any atom is 0.144 e. The van der Waals surface area contributed by atoms with Gasteiger partial charge in [-0.3, -0.25) is 0 Å². The molecule has 4 N–H and O–H groups in total. The van der Waals surface area contributed by atoms with Gasteiger partial charge in [0.25, 0.3) is 0 Å². The van der Waals surface area contributed by atoms with Gasteiger partial charge in [0, 0.05) is 37.7 Å². The second kappa shape index (κ2) is 10.5. The summed E-state index contributed by atoms with van der Waals surface area (Å²) in [5.74, 6) is 0.670. The number of nitrogens with two attached hydrogens (primary N) is 2. The van der Waals surface area contributed by atoms with E-state index in [1.54, 1.807) is 18.2 Å². The predicted molar refractivity (Wildman–Crippen MR) is 88.4 cm³/mol. The number of halogens is 3. The van der Waals surface area contributed by atoms with Gasteiger partial charge in [-0.15, -0.1) is 24.8 Å². The van der Waals surface area contributed by atoms with Gasteiger partial charge in [0.2, 0.25) is 0 Å². The van der Waals surface area contributed by atoms with Gasteiger partial charge in [-0.2, -0.15) is 0 Å². The Labute approximate surface area is 144 Å². The molecule has 0 saturated heterocycles. The second-order valence-corrected chi connectivity index (χ2v) is 4.51. The fraction of sp³-hybridized carbons (Fsp3) is 0.385. The van der Waals surface area contributed by atoms with Crippen LogP contribution in [0.25, 0.3) is 0 Å². The van der Waals surface area contributed by atoms with E-state index in [0.717, 1.165) is 19.6 Å². The van der Waals surface area contributed by atoms with Gasteiger partial charge >= 0.3 is 0 Å². The van der Waals surface area contributed by atoms with E-state index in [4.69, 9.17) is 16.2 Å². The molecule has 0 aromatic heterocycles. The van der Waals surface area contributed by atoms with E-state index in [1.165, 1.54) is 0 Å². The average molecular weight is 357 g/mol. The Morgan fingerprint density at radius 3 is 2.52 bits per heavy atom. The van der Waals surface area contributed by atoms with Crippen LogP contribution in [0.5, 0.6) is 5.75 Å². The Hall–Kier alpha value is -1.17. The Bertz CT molecular complexity index is 445. The molecule has 8 heteroatoms. The van der Waals surface area contributed by atoms with E-state index in [0.29, 0.717) is 23.7 Å². The SMILES string of the molecule is CN1C=CN(CCCOc2cc(N)ccc2N)C1.Cl.Cl.[Cl-]. The molecular weight excluding hydrogens is 335 g/mol. The number of rotatable bonds is 5. The fourth-order valence-corrected chi connectivity index (χ4v) is 1.86. The minimum atomic E-state index is 0. The fourth-order valence-electron chi connectivity index (χ4n) is 1.86. The van der Waals surface area contributed by atoms with Gasteiger partial charge in [0.05, 0.1) is 19.0 Å². The van der Waals surface area contributed by atoms with Crippen molar-refractivity contribution in [3.05, 3.63) is 30.6 Å². The molecule has 122 valence electrons. The summed E-state index contributed by atoms with van der Waals surface area (Å²) < 4.78 is 5.63. The summed E-state index contributed by atoms with van der Waals surface area (Å²) in [4.78, 5) is 4.38. The van der Waals surface area contributed by atoms with Crippen molar-refractivity contribution < 1.29 is 17.1 Å². The predicted octanol–water partition coefficient (Wildman–Crippen LogP) is -0.856. The van der Waals surface area contributed by atoms with Gasteiger partial charge in [-0.25, -0.2) is 0 Å². The lowest BCUT2D eigenvalue weighted by Gasteiger charge is -2.18. The van der Waals surface area contributed by atoms with Gasteiger partial charge < -0.3 is 38.4 Å². The Morgan fingerprint density at radius 1 is 1.19 bits per heavy atom. The van der Waals surface area contributed by atoms with Crippen molar-refractivity contribution in [2.45, 2.75) is 6.42 Å². The number of hydrogen-bond donors (Lipinski definition) is 2. The summed E-state index contributed by atoms with van der Waals surface area (Å²) in [7, 11) is 2.06. The molecule has 1 aromatic rings. The van der Waals surface area contributed by atoms with Crippen LogP contribution in [0, 0.1) is 0 Å². The van der Waals surface area contributed by atoms with Crippen molar-refractivity contribution in [1.82, 2.24) is 9.80 Å². The zero-order valence-electron chi connectivity index (χ0n) is 11.9. The standard InChI is InChI=1S/C13H20N4O.3ClH/c1-16-6-7-17(10-16)5-2-8-18-13-9-11(14)3-4-12(13)15;;;/h3-4,6-7,9H,2,5,8,10,14-15H2,1H3;3*1H/p-1. The number of anilines is 2. The maximum atomic E-state index is 5.80. The molecule has 2 rings (SSSR count). The Morgan fingerprint density at radius 2 is 1.90 bits per heavy atom. The molecule has 0 spiro atoms. The first-order valence-corrected chi connectivity index (χ1v) is 6.05. The zero-order chi connectivity index (χ0) is 13.0. The molecule has 0 fully saturated rings. The van der Waals surface area contributed by atoms with Crippen molar-refractivity contribution >= 4 is 36.2 Å². The van der Waals surface area contributed by atoms with E-state index >= 15 is 0 Å². The largest absolute Gasteiger partial charge is 1.00 e. The molecule has 21 heavy (non-hydrogen) atoms. The number of nitrogen functional groups attached to an aromatic ring is 2. The third kappa shape index (κ3) is 6.89. The number of benzene rings is 1. The van der Waals surface area contributed by atoms with Gasteiger partial charge in [-0.05, 0) is 18.6 Å². The average Bonchev–Trinajstić information content (AvgIpc) is 2.75. The van der Waals surface area contributed by atoms with Crippen molar-refractivity contribution in [3.63, 3.8) is 0 Å². The molecular formula is C13H22Cl3N4O-. The van der Waals surface area contributed by atoms with Crippen LogP contribution in [0.2, 0.25) is 0 Å². The van der Waals surface area contributed by atoms with Crippen molar-refractivity contribution in [2.24, 2.45) is 0 Å². The van der Waals surface area contributed by atoms with E-state index < -0.39 is 0 Å². The van der Waals surface area contributed by atoms with Crippen LogP contribution < -0.4 is 28.6 Å². The van der Waals surface area contributed by atoms with E-state index in [1.807, 2.05) is 0 Å². The van der Waals surface area contributed by atoms with E-state index in [-0.39, 0.29) is 37.2 Å². The van der Waals surface area contributed by atoms with Crippen LogP contribution in [-0.2, 0) is 0 Å². The Balaban J connectivity index is 0. The highest BCUT2D eigenvalue weighted by atomic mass is 35.5. The topological polar surface area (TPSA) is 67.8 Å². The van der Waals surface area contributed by atoms with Crippen molar-refractivity contribution in [1.29, 1.82) is 0 Å². The first-order valence-electron chi connectivity index (χ1n) is 6.05.